The Morgan fingerprint density at radius 1 is 1.44 bits per heavy atom. The molecule has 1 N–H and O–H groups in total. The van der Waals surface area contributed by atoms with E-state index in [9.17, 15) is 0 Å². The third kappa shape index (κ3) is 3.74. The van der Waals surface area contributed by atoms with Gasteiger partial charge in [0.1, 0.15) is 6.04 Å². The molecule has 1 fully saturated rings. The van der Waals surface area contributed by atoms with Crippen molar-refractivity contribution in [2.45, 2.75) is 17.9 Å². The molecule has 1 aromatic carbocycles. The average Bonchev–Trinajstić information content (AvgIpc) is 2.41. The van der Waals surface area contributed by atoms with E-state index in [2.05, 4.69) is 47.5 Å². The van der Waals surface area contributed by atoms with Crippen LogP contribution in [0.25, 0.3) is 0 Å². The summed E-state index contributed by atoms with van der Waals surface area (Å²) >= 11 is 1.86. The summed E-state index contributed by atoms with van der Waals surface area (Å²) < 4.78 is 0. The number of hydrogen-bond donors (Lipinski definition) is 1. The lowest BCUT2D eigenvalue weighted by atomic mass is 10.2. The zero-order chi connectivity index (χ0) is 12.8. The Kier molecular flexibility index (Phi) is 5.06. The van der Waals surface area contributed by atoms with Crippen LogP contribution in [0.4, 0.5) is 0 Å². The summed E-state index contributed by atoms with van der Waals surface area (Å²) in [5.74, 6) is 1.04. The number of piperazine rings is 1. The van der Waals surface area contributed by atoms with E-state index in [4.69, 9.17) is 5.26 Å². The maximum atomic E-state index is 9.07. The van der Waals surface area contributed by atoms with Gasteiger partial charge in [-0.25, -0.2) is 0 Å². The summed E-state index contributed by atoms with van der Waals surface area (Å²) in [7, 11) is 0. The van der Waals surface area contributed by atoms with Gasteiger partial charge in [-0.1, -0.05) is 17.7 Å². The molecule has 1 saturated heterocycles. The van der Waals surface area contributed by atoms with Crippen LogP contribution in [0.15, 0.2) is 29.2 Å². The highest BCUT2D eigenvalue weighted by atomic mass is 32.2. The second-order valence-electron chi connectivity index (χ2n) is 4.55. The fraction of sp³-hybridized carbons (Fsp3) is 0.500. The zero-order valence-corrected chi connectivity index (χ0v) is 11.5. The zero-order valence-electron chi connectivity index (χ0n) is 10.7. The Morgan fingerprint density at radius 3 is 2.94 bits per heavy atom. The summed E-state index contributed by atoms with van der Waals surface area (Å²) in [6.45, 7) is 5.86. The van der Waals surface area contributed by atoms with Gasteiger partial charge in [-0.2, -0.15) is 5.26 Å². The minimum Gasteiger partial charge on any atom is -0.313 e. The summed E-state index contributed by atoms with van der Waals surface area (Å²) in [5.41, 5.74) is 1.30. The smallest absolute Gasteiger partial charge is 0.110 e. The van der Waals surface area contributed by atoms with Crippen LogP contribution in [-0.4, -0.2) is 42.9 Å². The van der Waals surface area contributed by atoms with Crippen molar-refractivity contribution in [2.24, 2.45) is 0 Å². The molecular formula is C14H19N3S. The van der Waals surface area contributed by atoms with Gasteiger partial charge in [0.2, 0.25) is 0 Å². The fourth-order valence-corrected chi connectivity index (χ4v) is 2.95. The molecule has 2 rings (SSSR count). The Morgan fingerprint density at radius 2 is 2.22 bits per heavy atom. The summed E-state index contributed by atoms with van der Waals surface area (Å²) in [6, 6.07) is 11.0. The Hall–Kier alpha value is -1.02. The van der Waals surface area contributed by atoms with Crippen molar-refractivity contribution >= 4 is 11.8 Å². The van der Waals surface area contributed by atoms with Crippen LogP contribution < -0.4 is 5.32 Å². The largest absolute Gasteiger partial charge is 0.313 e. The van der Waals surface area contributed by atoms with E-state index in [0.717, 1.165) is 31.9 Å². The average molecular weight is 261 g/mol. The third-order valence-electron chi connectivity index (χ3n) is 3.17. The maximum Gasteiger partial charge on any atom is 0.110 e. The molecule has 96 valence electrons. The predicted octanol–water partition coefficient (Wildman–Crippen LogP) is 1.88. The van der Waals surface area contributed by atoms with Crippen molar-refractivity contribution in [1.29, 1.82) is 5.26 Å². The molecule has 0 spiro atoms. The van der Waals surface area contributed by atoms with Crippen LogP contribution in [0.2, 0.25) is 0 Å². The first-order chi connectivity index (χ1) is 8.79. The highest BCUT2D eigenvalue weighted by Crippen LogP contribution is 2.18. The number of rotatable bonds is 4. The quantitative estimate of drug-likeness (QED) is 0.840. The van der Waals surface area contributed by atoms with Crippen molar-refractivity contribution < 1.29 is 0 Å². The second kappa shape index (κ2) is 6.79. The van der Waals surface area contributed by atoms with E-state index in [1.54, 1.807) is 0 Å². The lowest BCUT2D eigenvalue weighted by Crippen LogP contribution is -2.51. The molecule has 0 saturated carbocycles. The Bertz CT molecular complexity index is 410. The standard InChI is InChI=1S/C14H19N3S/c1-12-2-4-14(5-3-12)18-9-8-17-7-6-16-11-13(17)10-15/h2-5,13,16H,6-9,11H2,1H3. The van der Waals surface area contributed by atoms with E-state index < -0.39 is 0 Å². The predicted molar refractivity (Wildman–Crippen MR) is 75.7 cm³/mol. The van der Waals surface area contributed by atoms with Gasteiger partial charge in [0.15, 0.2) is 0 Å². The van der Waals surface area contributed by atoms with Gasteiger partial charge in [0.05, 0.1) is 6.07 Å². The molecule has 1 atom stereocenters. The molecule has 0 amide bonds. The number of thioether (sulfide) groups is 1. The molecule has 0 aromatic heterocycles. The highest BCUT2D eigenvalue weighted by Gasteiger charge is 2.20. The van der Waals surface area contributed by atoms with Crippen molar-refractivity contribution in [3.05, 3.63) is 29.8 Å². The minimum absolute atomic E-state index is 0.0392. The maximum absolute atomic E-state index is 9.07. The number of nitrogens with one attached hydrogen (secondary N) is 1. The molecule has 1 unspecified atom stereocenters. The Balaban J connectivity index is 1.77. The van der Waals surface area contributed by atoms with E-state index in [-0.39, 0.29) is 6.04 Å². The van der Waals surface area contributed by atoms with Gasteiger partial charge < -0.3 is 5.32 Å². The number of benzene rings is 1. The second-order valence-corrected chi connectivity index (χ2v) is 5.71. The molecule has 1 heterocycles. The van der Waals surface area contributed by atoms with Crippen LogP contribution >= 0.6 is 11.8 Å². The van der Waals surface area contributed by atoms with Gasteiger partial charge in [-0.05, 0) is 19.1 Å². The van der Waals surface area contributed by atoms with E-state index >= 15 is 0 Å². The van der Waals surface area contributed by atoms with Crippen LogP contribution in [0.3, 0.4) is 0 Å². The minimum atomic E-state index is 0.0392. The van der Waals surface area contributed by atoms with E-state index in [0.29, 0.717) is 0 Å². The van der Waals surface area contributed by atoms with Gasteiger partial charge in [0, 0.05) is 36.8 Å². The van der Waals surface area contributed by atoms with E-state index in [1.807, 2.05) is 11.8 Å². The molecule has 0 bridgehead atoms. The van der Waals surface area contributed by atoms with Crippen LogP contribution in [0.5, 0.6) is 0 Å². The van der Waals surface area contributed by atoms with Crippen molar-refractivity contribution in [1.82, 2.24) is 10.2 Å². The molecule has 3 nitrogen and oxygen atoms in total. The molecule has 1 aliphatic rings. The monoisotopic (exact) mass is 261 g/mol. The first-order valence-electron chi connectivity index (χ1n) is 6.33. The first kappa shape index (κ1) is 13.4. The molecule has 4 heteroatoms. The molecule has 18 heavy (non-hydrogen) atoms. The molecule has 1 aliphatic heterocycles. The fourth-order valence-electron chi connectivity index (χ4n) is 2.06. The van der Waals surface area contributed by atoms with Crippen molar-refractivity contribution in [2.75, 3.05) is 31.9 Å². The third-order valence-corrected chi connectivity index (χ3v) is 4.16. The van der Waals surface area contributed by atoms with Crippen LogP contribution in [0.1, 0.15) is 5.56 Å². The van der Waals surface area contributed by atoms with E-state index in [1.165, 1.54) is 10.5 Å². The molecule has 1 aromatic rings. The van der Waals surface area contributed by atoms with Crippen LogP contribution in [0, 0.1) is 18.3 Å². The lowest BCUT2D eigenvalue weighted by Gasteiger charge is -2.31. The first-order valence-corrected chi connectivity index (χ1v) is 7.32. The van der Waals surface area contributed by atoms with Gasteiger partial charge in [-0.15, -0.1) is 11.8 Å². The number of aryl methyl sites for hydroxylation is 1. The molecule has 0 aliphatic carbocycles. The molecule has 0 radical (unpaired) electrons. The topological polar surface area (TPSA) is 39.1 Å². The summed E-state index contributed by atoms with van der Waals surface area (Å²) in [6.07, 6.45) is 0. The number of nitriles is 1. The van der Waals surface area contributed by atoms with Gasteiger partial charge in [-0.3, -0.25) is 4.90 Å². The van der Waals surface area contributed by atoms with Crippen LogP contribution in [-0.2, 0) is 0 Å². The Labute approximate surface area is 113 Å². The van der Waals surface area contributed by atoms with Crippen molar-refractivity contribution in [3.8, 4) is 6.07 Å². The highest BCUT2D eigenvalue weighted by molar-refractivity contribution is 7.99. The van der Waals surface area contributed by atoms with Gasteiger partial charge >= 0.3 is 0 Å². The lowest BCUT2D eigenvalue weighted by molar-refractivity contribution is 0.209. The normalized spacial score (nSPS) is 20.6. The van der Waals surface area contributed by atoms with Gasteiger partial charge in [0.25, 0.3) is 0 Å². The number of nitrogens with zero attached hydrogens (tertiary/aromatic N) is 2. The van der Waals surface area contributed by atoms with Crippen molar-refractivity contribution in [3.63, 3.8) is 0 Å². The molecular weight excluding hydrogens is 242 g/mol. The summed E-state index contributed by atoms with van der Waals surface area (Å²) in [4.78, 5) is 3.58. The SMILES string of the molecule is Cc1ccc(SCCN2CCNCC2C#N)cc1. The summed E-state index contributed by atoms with van der Waals surface area (Å²) in [5, 5.41) is 12.3. The number of hydrogen-bond acceptors (Lipinski definition) is 4.